The van der Waals surface area contributed by atoms with Crippen molar-refractivity contribution in [2.75, 3.05) is 0 Å². The van der Waals surface area contributed by atoms with Gasteiger partial charge in [-0.05, 0) is 50.7 Å². The number of allylic oxidation sites excluding steroid dienone is 3. The van der Waals surface area contributed by atoms with Crippen LogP contribution >= 0.6 is 11.3 Å². The Labute approximate surface area is 128 Å². The van der Waals surface area contributed by atoms with Gasteiger partial charge in [0.1, 0.15) is 0 Å². The molecule has 1 aromatic rings. The number of aliphatic hydroxyl groups excluding tert-OH is 1. The Balaban J connectivity index is 1.59. The lowest BCUT2D eigenvalue weighted by atomic mass is 9.93. The van der Waals surface area contributed by atoms with Gasteiger partial charge in [-0.2, -0.15) is 0 Å². The molecular weight excluding hydrogens is 284 g/mol. The molecule has 1 aromatic heterocycles. The topological polar surface area (TPSA) is 62.2 Å². The Morgan fingerprint density at radius 3 is 2.81 bits per heavy atom. The highest BCUT2D eigenvalue weighted by Gasteiger charge is 2.23. The van der Waals surface area contributed by atoms with Gasteiger partial charge in [0.2, 0.25) is 5.91 Å². The minimum atomic E-state index is -0.190. The summed E-state index contributed by atoms with van der Waals surface area (Å²) in [5.41, 5.74) is 2.81. The third-order valence-corrected chi connectivity index (χ3v) is 4.88. The van der Waals surface area contributed by atoms with Crippen LogP contribution in [0.15, 0.2) is 23.1 Å². The van der Waals surface area contributed by atoms with Crippen molar-refractivity contribution in [3.05, 3.63) is 33.8 Å². The monoisotopic (exact) mass is 304 g/mol. The van der Waals surface area contributed by atoms with Crippen molar-refractivity contribution < 1.29 is 9.90 Å². The standard InChI is InChI=1S/C16H20N2O2S/c1-10-17-15(9-21-10)11-2-3-12(8-11)16(20)18-13-4-6-14(19)7-5-13/h2,8-9,13-14,19H,3-7H2,1H3,(H,18,20). The van der Waals surface area contributed by atoms with Crippen LogP contribution in [0.4, 0.5) is 0 Å². The zero-order valence-corrected chi connectivity index (χ0v) is 12.9. The molecule has 21 heavy (non-hydrogen) atoms. The van der Waals surface area contributed by atoms with Crippen molar-refractivity contribution in [3.8, 4) is 0 Å². The first-order chi connectivity index (χ1) is 10.1. The molecule has 0 spiro atoms. The number of hydrogen-bond donors (Lipinski definition) is 2. The normalized spacial score (nSPS) is 25.4. The summed E-state index contributed by atoms with van der Waals surface area (Å²) in [7, 11) is 0. The van der Waals surface area contributed by atoms with Crippen molar-refractivity contribution in [2.24, 2.45) is 0 Å². The zero-order chi connectivity index (χ0) is 14.8. The number of hydrogen-bond acceptors (Lipinski definition) is 4. The molecule has 0 aromatic carbocycles. The van der Waals surface area contributed by atoms with E-state index < -0.39 is 0 Å². The summed E-state index contributed by atoms with van der Waals surface area (Å²) < 4.78 is 0. The first-order valence-electron chi connectivity index (χ1n) is 7.44. The number of aromatic nitrogens is 1. The van der Waals surface area contributed by atoms with Crippen molar-refractivity contribution in [1.82, 2.24) is 10.3 Å². The second-order valence-electron chi connectivity index (χ2n) is 5.76. The Morgan fingerprint density at radius 2 is 2.14 bits per heavy atom. The molecule has 2 N–H and O–H groups in total. The van der Waals surface area contributed by atoms with Crippen LogP contribution in [0.3, 0.4) is 0 Å². The SMILES string of the molecule is Cc1nc(C2=CCC(C(=O)NC3CCC(O)CC3)=C2)cs1. The van der Waals surface area contributed by atoms with Gasteiger partial charge in [-0.15, -0.1) is 11.3 Å². The zero-order valence-electron chi connectivity index (χ0n) is 12.1. The number of amides is 1. The molecular formula is C16H20N2O2S. The molecule has 1 amide bonds. The number of rotatable bonds is 3. The molecule has 2 aliphatic rings. The molecule has 1 heterocycles. The molecule has 4 nitrogen and oxygen atoms in total. The van der Waals surface area contributed by atoms with Crippen LogP contribution in [0, 0.1) is 6.92 Å². The van der Waals surface area contributed by atoms with E-state index in [1.165, 1.54) is 0 Å². The largest absolute Gasteiger partial charge is 0.393 e. The van der Waals surface area contributed by atoms with Gasteiger partial charge in [-0.1, -0.05) is 6.08 Å². The molecule has 1 saturated carbocycles. The molecule has 0 saturated heterocycles. The average molecular weight is 304 g/mol. The molecule has 0 radical (unpaired) electrons. The van der Waals surface area contributed by atoms with E-state index >= 15 is 0 Å². The van der Waals surface area contributed by atoms with E-state index in [0.29, 0.717) is 6.42 Å². The van der Waals surface area contributed by atoms with Gasteiger partial charge >= 0.3 is 0 Å². The van der Waals surface area contributed by atoms with Gasteiger partial charge in [-0.3, -0.25) is 4.79 Å². The summed E-state index contributed by atoms with van der Waals surface area (Å²) in [5.74, 6) is 0.0228. The maximum Gasteiger partial charge on any atom is 0.247 e. The summed E-state index contributed by atoms with van der Waals surface area (Å²) in [6, 6.07) is 0.201. The fraction of sp³-hybridized carbons (Fsp3) is 0.500. The molecule has 0 atom stereocenters. The van der Waals surface area contributed by atoms with Crippen molar-refractivity contribution in [3.63, 3.8) is 0 Å². The minimum Gasteiger partial charge on any atom is -0.393 e. The number of thiazole rings is 1. The van der Waals surface area contributed by atoms with Crippen LogP contribution in [0.2, 0.25) is 0 Å². The first-order valence-corrected chi connectivity index (χ1v) is 8.32. The lowest BCUT2D eigenvalue weighted by Gasteiger charge is -2.26. The van der Waals surface area contributed by atoms with Gasteiger partial charge in [0.15, 0.2) is 0 Å². The van der Waals surface area contributed by atoms with Gasteiger partial charge < -0.3 is 10.4 Å². The van der Waals surface area contributed by atoms with Crippen molar-refractivity contribution >= 4 is 22.8 Å². The third kappa shape index (κ3) is 3.41. The molecule has 0 aliphatic heterocycles. The lowest BCUT2D eigenvalue weighted by Crippen LogP contribution is -2.39. The van der Waals surface area contributed by atoms with Crippen LogP contribution < -0.4 is 5.32 Å². The van der Waals surface area contributed by atoms with E-state index in [1.807, 2.05) is 18.4 Å². The molecule has 2 aliphatic carbocycles. The maximum atomic E-state index is 12.3. The Bertz CT molecular complexity index is 595. The minimum absolute atomic E-state index is 0.0228. The fourth-order valence-electron chi connectivity index (χ4n) is 2.86. The van der Waals surface area contributed by atoms with E-state index in [2.05, 4.69) is 16.4 Å². The second kappa shape index (κ2) is 6.12. The van der Waals surface area contributed by atoms with Crippen LogP contribution in [0.5, 0.6) is 0 Å². The summed E-state index contributed by atoms with van der Waals surface area (Å²) in [6.07, 6.45) is 7.79. The lowest BCUT2D eigenvalue weighted by molar-refractivity contribution is -0.118. The van der Waals surface area contributed by atoms with E-state index in [0.717, 1.165) is 47.5 Å². The third-order valence-electron chi connectivity index (χ3n) is 4.11. The first kappa shape index (κ1) is 14.5. The number of carbonyl (C=O) groups excluding carboxylic acids is 1. The number of nitrogens with zero attached hydrogens (tertiary/aromatic N) is 1. The highest BCUT2D eigenvalue weighted by Crippen LogP contribution is 2.27. The molecule has 1 fully saturated rings. The van der Waals surface area contributed by atoms with Gasteiger partial charge in [0.05, 0.1) is 16.8 Å². The van der Waals surface area contributed by atoms with E-state index in [-0.39, 0.29) is 18.1 Å². The average Bonchev–Trinajstić information content (AvgIpc) is 3.10. The fourth-order valence-corrected chi connectivity index (χ4v) is 3.48. The molecule has 0 unspecified atom stereocenters. The highest BCUT2D eigenvalue weighted by atomic mass is 32.1. The summed E-state index contributed by atoms with van der Waals surface area (Å²) in [6.45, 7) is 1.98. The van der Waals surface area contributed by atoms with Gasteiger partial charge in [-0.25, -0.2) is 4.98 Å². The Kier molecular flexibility index (Phi) is 4.22. The van der Waals surface area contributed by atoms with E-state index in [9.17, 15) is 9.90 Å². The Morgan fingerprint density at radius 1 is 1.38 bits per heavy atom. The number of aliphatic hydroxyl groups is 1. The molecule has 3 rings (SSSR count). The van der Waals surface area contributed by atoms with Crippen molar-refractivity contribution in [2.45, 2.75) is 51.2 Å². The van der Waals surface area contributed by atoms with E-state index in [4.69, 9.17) is 0 Å². The number of nitrogens with one attached hydrogen (secondary N) is 1. The quantitative estimate of drug-likeness (QED) is 0.902. The summed E-state index contributed by atoms with van der Waals surface area (Å²) in [5, 5.41) is 15.7. The maximum absolute atomic E-state index is 12.3. The smallest absolute Gasteiger partial charge is 0.247 e. The van der Waals surface area contributed by atoms with Gasteiger partial charge in [0, 0.05) is 17.0 Å². The van der Waals surface area contributed by atoms with Crippen LogP contribution in [-0.2, 0) is 4.79 Å². The predicted molar refractivity (Wildman–Crippen MR) is 83.9 cm³/mol. The van der Waals surface area contributed by atoms with Crippen LogP contribution in [0.25, 0.3) is 5.57 Å². The summed E-state index contributed by atoms with van der Waals surface area (Å²) in [4.78, 5) is 16.7. The number of carbonyl (C=O) groups is 1. The van der Waals surface area contributed by atoms with Gasteiger partial charge in [0.25, 0.3) is 0 Å². The van der Waals surface area contributed by atoms with Crippen LogP contribution in [-0.4, -0.2) is 28.1 Å². The summed E-state index contributed by atoms with van der Waals surface area (Å²) >= 11 is 1.62. The van der Waals surface area contributed by atoms with Crippen molar-refractivity contribution in [1.29, 1.82) is 0 Å². The molecule has 0 bridgehead atoms. The second-order valence-corrected chi connectivity index (χ2v) is 6.83. The number of aryl methyl sites for hydroxylation is 1. The molecule has 112 valence electrons. The van der Waals surface area contributed by atoms with E-state index in [1.54, 1.807) is 11.3 Å². The highest BCUT2D eigenvalue weighted by molar-refractivity contribution is 7.09. The predicted octanol–water partition coefficient (Wildman–Crippen LogP) is 2.58. The molecule has 5 heteroatoms. The van der Waals surface area contributed by atoms with Crippen LogP contribution in [0.1, 0.15) is 42.8 Å². The Hall–Kier alpha value is -1.46.